The molecule has 3 aromatic rings. The van der Waals surface area contributed by atoms with Gasteiger partial charge in [-0.2, -0.15) is 9.61 Å². The number of aryl methyl sites for hydroxylation is 1. The van der Waals surface area contributed by atoms with Crippen LogP contribution in [0.3, 0.4) is 0 Å². The van der Waals surface area contributed by atoms with E-state index in [1.807, 2.05) is 17.6 Å². The van der Waals surface area contributed by atoms with E-state index in [2.05, 4.69) is 37.2 Å². The maximum absolute atomic E-state index is 4.83. The van der Waals surface area contributed by atoms with Crippen LogP contribution in [0.25, 0.3) is 5.65 Å². The molecule has 0 atom stereocenters. The minimum absolute atomic E-state index is 0.423. The van der Waals surface area contributed by atoms with Gasteiger partial charge in [-0.3, -0.25) is 14.9 Å². The molecule has 1 aliphatic heterocycles. The number of rotatable bonds is 4. The van der Waals surface area contributed by atoms with Gasteiger partial charge in [0, 0.05) is 30.8 Å². The van der Waals surface area contributed by atoms with Crippen LogP contribution in [0.1, 0.15) is 60.4 Å². The molecule has 2 fully saturated rings. The highest BCUT2D eigenvalue weighted by molar-refractivity contribution is 5.38. The maximum Gasteiger partial charge on any atom is 0.177 e. The molecule has 0 aromatic carbocycles. The number of nitrogens with zero attached hydrogens (tertiary/aromatic N) is 7. The second-order valence-corrected chi connectivity index (χ2v) is 7.56. The minimum atomic E-state index is 0.423. The van der Waals surface area contributed by atoms with E-state index in [0.717, 1.165) is 55.3 Å². The van der Waals surface area contributed by atoms with Gasteiger partial charge < -0.3 is 0 Å². The van der Waals surface area contributed by atoms with Gasteiger partial charge in [-0.15, -0.1) is 10.2 Å². The van der Waals surface area contributed by atoms with Crippen LogP contribution >= 0.6 is 0 Å². The molecular weight excluding hydrogens is 326 g/mol. The van der Waals surface area contributed by atoms with Crippen molar-refractivity contribution < 1.29 is 0 Å². The van der Waals surface area contributed by atoms with E-state index in [0.29, 0.717) is 11.8 Å². The zero-order chi connectivity index (χ0) is 17.5. The van der Waals surface area contributed by atoms with Crippen molar-refractivity contribution in [3.63, 3.8) is 0 Å². The molecule has 134 valence electrons. The number of aromatic nitrogens is 6. The molecule has 0 unspecified atom stereocenters. The van der Waals surface area contributed by atoms with Crippen LogP contribution < -0.4 is 0 Å². The highest BCUT2D eigenvalue weighted by Gasteiger charge is 2.28. The first kappa shape index (κ1) is 15.8. The molecule has 3 aromatic heterocycles. The second kappa shape index (κ2) is 6.39. The number of likely N-dealkylation sites (tertiary alicyclic amines) is 1. The summed E-state index contributed by atoms with van der Waals surface area (Å²) in [5.41, 5.74) is 4.08. The smallest absolute Gasteiger partial charge is 0.177 e. The van der Waals surface area contributed by atoms with E-state index in [1.54, 1.807) is 6.20 Å². The van der Waals surface area contributed by atoms with E-state index in [1.165, 1.54) is 18.5 Å². The fraction of sp³-hybridized carbons (Fsp3) is 0.526. The van der Waals surface area contributed by atoms with Crippen molar-refractivity contribution >= 4 is 5.65 Å². The molecule has 0 amide bonds. The molecule has 4 heterocycles. The summed E-state index contributed by atoms with van der Waals surface area (Å²) in [6.45, 7) is 4.93. The van der Waals surface area contributed by atoms with Gasteiger partial charge in [0.2, 0.25) is 0 Å². The second-order valence-electron chi connectivity index (χ2n) is 7.56. The van der Waals surface area contributed by atoms with Gasteiger partial charge in [0.1, 0.15) is 0 Å². The average Bonchev–Trinajstić information content (AvgIpc) is 3.42. The van der Waals surface area contributed by atoms with E-state index < -0.39 is 0 Å². The van der Waals surface area contributed by atoms with Crippen molar-refractivity contribution in [1.29, 1.82) is 0 Å². The molecule has 1 saturated heterocycles. The molecule has 2 aliphatic rings. The van der Waals surface area contributed by atoms with Gasteiger partial charge in [-0.1, -0.05) is 0 Å². The van der Waals surface area contributed by atoms with Crippen molar-refractivity contribution in [3.05, 3.63) is 47.4 Å². The lowest BCUT2D eigenvalue weighted by molar-refractivity contribution is 0.198. The molecule has 0 radical (unpaired) electrons. The predicted molar refractivity (Wildman–Crippen MR) is 96.8 cm³/mol. The molecule has 26 heavy (non-hydrogen) atoms. The fourth-order valence-electron chi connectivity index (χ4n) is 3.84. The van der Waals surface area contributed by atoms with Gasteiger partial charge in [-0.25, -0.2) is 0 Å². The van der Waals surface area contributed by atoms with E-state index >= 15 is 0 Å². The quantitative estimate of drug-likeness (QED) is 0.720. The molecule has 0 bridgehead atoms. The Hall–Kier alpha value is -2.41. The third kappa shape index (κ3) is 3.07. The third-order valence-corrected chi connectivity index (χ3v) is 5.45. The van der Waals surface area contributed by atoms with Crippen molar-refractivity contribution in [2.45, 2.75) is 51.0 Å². The van der Waals surface area contributed by atoms with Crippen molar-refractivity contribution in [2.24, 2.45) is 0 Å². The lowest BCUT2D eigenvalue weighted by Crippen LogP contribution is -2.33. The van der Waals surface area contributed by atoms with Crippen molar-refractivity contribution in [3.8, 4) is 0 Å². The highest BCUT2D eigenvalue weighted by atomic mass is 15.4. The topological polar surface area (TPSA) is 72.1 Å². The molecule has 0 spiro atoms. The number of hydrogen-bond acceptors (Lipinski definition) is 6. The summed E-state index contributed by atoms with van der Waals surface area (Å²) in [7, 11) is 0. The van der Waals surface area contributed by atoms with Crippen LogP contribution in [0.15, 0.2) is 24.5 Å². The van der Waals surface area contributed by atoms with Crippen LogP contribution in [0.4, 0.5) is 0 Å². The summed E-state index contributed by atoms with van der Waals surface area (Å²) in [5.74, 6) is 2.09. The molecule has 5 rings (SSSR count). The summed E-state index contributed by atoms with van der Waals surface area (Å²) in [6, 6.07) is 4.17. The van der Waals surface area contributed by atoms with Crippen LogP contribution in [0, 0.1) is 6.92 Å². The molecule has 7 nitrogen and oxygen atoms in total. The summed E-state index contributed by atoms with van der Waals surface area (Å²) in [6.07, 6.45) is 8.35. The van der Waals surface area contributed by atoms with Crippen LogP contribution in [0.2, 0.25) is 0 Å². The Labute approximate surface area is 152 Å². The monoisotopic (exact) mass is 349 g/mol. The summed E-state index contributed by atoms with van der Waals surface area (Å²) in [4.78, 5) is 11.3. The molecule has 1 aliphatic carbocycles. The zero-order valence-corrected chi connectivity index (χ0v) is 15.0. The summed E-state index contributed by atoms with van der Waals surface area (Å²) >= 11 is 0. The molecule has 0 N–H and O–H groups in total. The standard InChI is InChI=1S/C19H23N7/c1-13-10-20-11-16(21-13)12-25-8-6-15(7-9-25)19-23-22-18-5-4-17(14-2-3-14)24-26(18)19/h4-5,10-11,14-15H,2-3,6-9,12H2,1H3. The Morgan fingerprint density at radius 2 is 1.85 bits per heavy atom. The SMILES string of the molecule is Cc1cncc(CN2CCC(c3nnc4ccc(C5CC5)nn34)CC2)n1. The van der Waals surface area contributed by atoms with Crippen LogP contribution in [-0.4, -0.2) is 47.8 Å². The van der Waals surface area contributed by atoms with E-state index in [4.69, 9.17) is 5.10 Å². The first-order chi connectivity index (χ1) is 12.8. The Morgan fingerprint density at radius 1 is 1.00 bits per heavy atom. The Balaban J connectivity index is 1.29. The third-order valence-electron chi connectivity index (χ3n) is 5.45. The zero-order valence-electron chi connectivity index (χ0n) is 15.0. The van der Waals surface area contributed by atoms with Gasteiger partial charge in [-0.05, 0) is 57.8 Å². The van der Waals surface area contributed by atoms with Crippen molar-refractivity contribution in [2.75, 3.05) is 13.1 Å². The van der Waals surface area contributed by atoms with Gasteiger partial charge in [0.15, 0.2) is 11.5 Å². The fourth-order valence-corrected chi connectivity index (χ4v) is 3.84. The van der Waals surface area contributed by atoms with E-state index in [9.17, 15) is 0 Å². The first-order valence-electron chi connectivity index (χ1n) is 9.48. The maximum atomic E-state index is 4.83. The molecule has 1 saturated carbocycles. The highest BCUT2D eigenvalue weighted by Crippen LogP contribution is 2.39. The van der Waals surface area contributed by atoms with Gasteiger partial charge in [0.05, 0.1) is 17.1 Å². The number of piperidine rings is 1. The van der Waals surface area contributed by atoms with E-state index in [-0.39, 0.29) is 0 Å². The minimum Gasteiger partial charge on any atom is -0.297 e. The first-order valence-corrected chi connectivity index (χ1v) is 9.48. The van der Waals surface area contributed by atoms with Crippen molar-refractivity contribution in [1.82, 2.24) is 34.7 Å². The van der Waals surface area contributed by atoms with Gasteiger partial charge in [0.25, 0.3) is 0 Å². The van der Waals surface area contributed by atoms with Crippen LogP contribution in [-0.2, 0) is 6.54 Å². The number of fused-ring (bicyclic) bond motifs is 1. The lowest BCUT2D eigenvalue weighted by Gasteiger charge is -2.30. The largest absolute Gasteiger partial charge is 0.297 e. The summed E-state index contributed by atoms with van der Waals surface area (Å²) < 4.78 is 1.99. The number of hydrogen-bond donors (Lipinski definition) is 0. The Bertz CT molecular complexity index is 923. The average molecular weight is 349 g/mol. The van der Waals surface area contributed by atoms with Crippen LogP contribution in [0.5, 0.6) is 0 Å². The Morgan fingerprint density at radius 3 is 2.62 bits per heavy atom. The normalized spacial score (nSPS) is 19.3. The lowest BCUT2D eigenvalue weighted by atomic mass is 9.96. The Kier molecular flexibility index (Phi) is 3.89. The predicted octanol–water partition coefficient (Wildman–Crippen LogP) is 2.48. The molecule has 7 heteroatoms. The molecular formula is C19H23N7. The van der Waals surface area contributed by atoms with Gasteiger partial charge >= 0.3 is 0 Å². The summed E-state index contributed by atoms with van der Waals surface area (Å²) in [5, 5.41) is 13.6.